The third kappa shape index (κ3) is 3.00. The highest BCUT2D eigenvalue weighted by Gasteiger charge is 2.27. The predicted octanol–water partition coefficient (Wildman–Crippen LogP) is 3.74. The van der Waals surface area contributed by atoms with Gasteiger partial charge in [-0.3, -0.25) is 4.68 Å². The smallest absolute Gasteiger partial charge is 0.0924 e. The van der Waals surface area contributed by atoms with Gasteiger partial charge in [-0.25, -0.2) is 0 Å². The summed E-state index contributed by atoms with van der Waals surface area (Å²) in [4.78, 5) is 0. The van der Waals surface area contributed by atoms with Crippen molar-refractivity contribution in [2.75, 3.05) is 0 Å². The fraction of sp³-hybridized carbons (Fsp3) is 0.400. The van der Waals surface area contributed by atoms with Crippen LogP contribution in [-0.4, -0.2) is 14.9 Å². The van der Waals surface area contributed by atoms with E-state index in [9.17, 15) is 5.11 Å². The van der Waals surface area contributed by atoms with Crippen molar-refractivity contribution in [1.82, 2.24) is 9.78 Å². The molecule has 0 fully saturated rings. The molecule has 1 aromatic heterocycles. The first kappa shape index (κ1) is 15.4. The first-order valence-corrected chi connectivity index (χ1v) is 7.29. The van der Waals surface area contributed by atoms with Gasteiger partial charge < -0.3 is 5.11 Å². The van der Waals surface area contributed by atoms with Gasteiger partial charge in [0.25, 0.3) is 0 Å². The number of benzene rings is 1. The minimum Gasteiger partial charge on any atom is -0.385 e. The van der Waals surface area contributed by atoms with E-state index in [0.717, 1.165) is 23.4 Å². The minimum atomic E-state index is -1.05. The molecule has 1 unspecified atom stereocenters. The summed E-state index contributed by atoms with van der Waals surface area (Å²) >= 11 is 12.3. The largest absolute Gasteiger partial charge is 0.385 e. The van der Waals surface area contributed by atoms with Gasteiger partial charge in [0, 0.05) is 18.5 Å². The third-order valence-electron chi connectivity index (χ3n) is 3.46. The molecule has 1 heterocycles. The maximum atomic E-state index is 10.7. The summed E-state index contributed by atoms with van der Waals surface area (Å²) in [7, 11) is 1.84. The molecule has 5 heteroatoms. The minimum absolute atomic E-state index is 0.385. The molecule has 0 radical (unpaired) electrons. The van der Waals surface area contributed by atoms with Crippen LogP contribution in [0.4, 0.5) is 0 Å². The van der Waals surface area contributed by atoms with Gasteiger partial charge in [0.1, 0.15) is 0 Å². The van der Waals surface area contributed by atoms with Gasteiger partial charge in [-0.1, -0.05) is 42.3 Å². The van der Waals surface area contributed by atoms with E-state index in [2.05, 4.69) is 5.10 Å². The number of nitrogens with zero attached hydrogens (tertiary/aromatic N) is 2. The second-order valence-corrected chi connectivity index (χ2v) is 5.96. The summed E-state index contributed by atoms with van der Waals surface area (Å²) in [6.07, 6.45) is 1.15. The maximum Gasteiger partial charge on any atom is 0.0924 e. The molecule has 0 saturated carbocycles. The molecule has 3 nitrogen and oxygen atoms in total. The second-order valence-electron chi connectivity index (χ2n) is 5.15. The van der Waals surface area contributed by atoms with E-state index in [0.29, 0.717) is 16.5 Å². The lowest BCUT2D eigenvalue weighted by molar-refractivity contribution is 0.0556. The first-order chi connectivity index (χ1) is 9.35. The zero-order chi connectivity index (χ0) is 14.9. The Bertz CT molecular complexity index is 620. The van der Waals surface area contributed by atoms with Crippen LogP contribution in [0, 0.1) is 0 Å². The summed E-state index contributed by atoms with van der Waals surface area (Å²) in [5, 5.41) is 16.3. The standard InChI is InChI=1S/C15H18Cl2N2O/c1-4-12-14(17)13(19(3)18-12)9-15(2,20)10-6-5-7-11(16)8-10/h5-8,20H,4,9H2,1-3H3. The third-order valence-corrected chi connectivity index (χ3v) is 4.13. The van der Waals surface area contributed by atoms with E-state index in [1.54, 1.807) is 23.7 Å². The molecule has 0 saturated heterocycles. The molecule has 108 valence electrons. The fourth-order valence-electron chi connectivity index (χ4n) is 2.26. The van der Waals surface area contributed by atoms with Crippen molar-refractivity contribution in [3.63, 3.8) is 0 Å². The Kier molecular flexibility index (Phi) is 4.43. The molecule has 0 aliphatic carbocycles. The molecule has 0 amide bonds. The fourth-order valence-corrected chi connectivity index (χ4v) is 2.81. The lowest BCUT2D eigenvalue weighted by Crippen LogP contribution is -2.25. The number of aryl methyl sites for hydroxylation is 2. The van der Waals surface area contributed by atoms with Gasteiger partial charge in [0.2, 0.25) is 0 Å². The molecular weight excluding hydrogens is 295 g/mol. The van der Waals surface area contributed by atoms with Gasteiger partial charge in [-0.2, -0.15) is 5.10 Å². The molecule has 1 N–H and O–H groups in total. The van der Waals surface area contributed by atoms with Gasteiger partial charge in [0.15, 0.2) is 0 Å². The van der Waals surface area contributed by atoms with Crippen molar-refractivity contribution in [3.05, 3.63) is 51.3 Å². The van der Waals surface area contributed by atoms with Crippen LogP contribution in [0.5, 0.6) is 0 Å². The highest BCUT2D eigenvalue weighted by Crippen LogP contribution is 2.31. The van der Waals surface area contributed by atoms with Crippen LogP contribution in [0.2, 0.25) is 10.0 Å². The molecule has 0 aliphatic heterocycles. The Morgan fingerprint density at radius 3 is 2.60 bits per heavy atom. The van der Waals surface area contributed by atoms with Gasteiger partial charge in [-0.05, 0) is 31.0 Å². The molecular formula is C15H18Cl2N2O. The Morgan fingerprint density at radius 2 is 2.05 bits per heavy atom. The highest BCUT2D eigenvalue weighted by molar-refractivity contribution is 6.32. The highest BCUT2D eigenvalue weighted by atomic mass is 35.5. The van der Waals surface area contributed by atoms with Crippen molar-refractivity contribution < 1.29 is 5.11 Å². The van der Waals surface area contributed by atoms with Crippen LogP contribution in [0.15, 0.2) is 24.3 Å². The Balaban J connectivity index is 2.35. The molecule has 2 rings (SSSR count). The topological polar surface area (TPSA) is 38.0 Å². The number of halogens is 2. The van der Waals surface area contributed by atoms with E-state index in [1.807, 2.05) is 26.1 Å². The maximum absolute atomic E-state index is 10.7. The zero-order valence-corrected chi connectivity index (χ0v) is 13.3. The van der Waals surface area contributed by atoms with Gasteiger partial charge >= 0.3 is 0 Å². The Labute approximate surface area is 129 Å². The summed E-state index contributed by atoms with van der Waals surface area (Å²) in [6, 6.07) is 7.24. The van der Waals surface area contributed by atoms with Crippen LogP contribution < -0.4 is 0 Å². The van der Waals surface area contributed by atoms with Crippen molar-refractivity contribution in [3.8, 4) is 0 Å². The van der Waals surface area contributed by atoms with Crippen LogP contribution in [0.3, 0.4) is 0 Å². The van der Waals surface area contributed by atoms with E-state index in [4.69, 9.17) is 23.2 Å². The quantitative estimate of drug-likeness (QED) is 0.934. The summed E-state index contributed by atoms with van der Waals surface area (Å²) in [6.45, 7) is 3.76. The second kappa shape index (κ2) is 5.76. The van der Waals surface area contributed by atoms with Gasteiger partial charge in [-0.15, -0.1) is 0 Å². The Morgan fingerprint density at radius 1 is 1.35 bits per heavy atom. The summed E-state index contributed by atoms with van der Waals surface area (Å²) in [5.41, 5.74) is 1.40. The monoisotopic (exact) mass is 312 g/mol. The Hall–Kier alpha value is -1.03. The molecule has 0 aliphatic rings. The number of hydrogen-bond donors (Lipinski definition) is 1. The van der Waals surface area contributed by atoms with Crippen LogP contribution in [-0.2, 0) is 25.5 Å². The zero-order valence-electron chi connectivity index (χ0n) is 11.8. The van der Waals surface area contributed by atoms with E-state index >= 15 is 0 Å². The van der Waals surface area contributed by atoms with Crippen molar-refractivity contribution in [1.29, 1.82) is 0 Å². The average Bonchev–Trinajstić information content (AvgIpc) is 2.66. The number of hydrogen-bond acceptors (Lipinski definition) is 2. The van der Waals surface area contributed by atoms with E-state index < -0.39 is 5.60 Å². The number of aliphatic hydroxyl groups is 1. The van der Waals surface area contributed by atoms with Crippen molar-refractivity contribution in [2.45, 2.75) is 32.3 Å². The lowest BCUT2D eigenvalue weighted by Gasteiger charge is -2.24. The predicted molar refractivity (Wildman–Crippen MR) is 82.3 cm³/mol. The molecule has 1 atom stereocenters. The molecule has 1 aromatic carbocycles. The molecule has 2 aromatic rings. The van der Waals surface area contributed by atoms with E-state index in [-0.39, 0.29) is 0 Å². The average molecular weight is 313 g/mol. The normalized spacial score (nSPS) is 14.3. The van der Waals surface area contributed by atoms with Crippen molar-refractivity contribution in [2.24, 2.45) is 7.05 Å². The molecule has 0 bridgehead atoms. The SMILES string of the molecule is CCc1nn(C)c(CC(C)(O)c2cccc(Cl)c2)c1Cl. The summed E-state index contributed by atoms with van der Waals surface area (Å²) in [5.74, 6) is 0. The van der Waals surface area contributed by atoms with Crippen LogP contribution in [0.1, 0.15) is 30.8 Å². The molecule has 20 heavy (non-hydrogen) atoms. The first-order valence-electron chi connectivity index (χ1n) is 6.54. The van der Waals surface area contributed by atoms with E-state index in [1.165, 1.54) is 0 Å². The van der Waals surface area contributed by atoms with Crippen LogP contribution in [0.25, 0.3) is 0 Å². The van der Waals surface area contributed by atoms with Crippen LogP contribution >= 0.6 is 23.2 Å². The summed E-state index contributed by atoms with van der Waals surface area (Å²) < 4.78 is 1.74. The number of rotatable bonds is 4. The van der Waals surface area contributed by atoms with Gasteiger partial charge in [0.05, 0.1) is 22.0 Å². The van der Waals surface area contributed by atoms with Crippen molar-refractivity contribution >= 4 is 23.2 Å². The molecule has 0 spiro atoms. The number of aromatic nitrogens is 2. The lowest BCUT2D eigenvalue weighted by atomic mass is 9.91.